The molecule has 0 fully saturated rings. The van der Waals surface area contributed by atoms with E-state index in [1.807, 2.05) is 13.8 Å². The van der Waals surface area contributed by atoms with Crippen LogP contribution in [0.2, 0.25) is 0 Å². The maximum absolute atomic E-state index is 12.8. The SMILES string of the molecule is CC(C)n1c(=O)[nH]c2cc(C(=O)NCc3cccc(C(F)(F)F)c3)ccc21. The number of fused-ring (bicyclic) bond motifs is 1. The number of nitrogens with zero attached hydrogens (tertiary/aromatic N) is 1. The molecule has 2 aromatic carbocycles. The molecule has 0 unspecified atom stereocenters. The van der Waals surface area contributed by atoms with E-state index in [9.17, 15) is 22.8 Å². The van der Waals surface area contributed by atoms with Gasteiger partial charge in [0, 0.05) is 18.2 Å². The van der Waals surface area contributed by atoms with Crippen molar-refractivity contribution in [3.63, 3.8) is 0 Å². The fourth-order valence-electron chi connectivity index (χ4n) is 2.93. The van der Waals surface area contributed by atoms with Gasteiger partial charge in [0.05, 0.1) is 16.6 Å². The lowest BCUT2D eigenvalue weighted by Gasteiger charge is -2.10. The fourth-order valence-corrected chi connectivity index (χ4v) is 2.93. The Balaban J connectivity index is 1.78. The Bertz CT molecular complexity index is 1050. The summed E-state index contributed by atoms with van der Waals surface area (Å²) in [6, 6.07) is 9.57. The Kier molecular flexibility index (Phi) is 4.82. The van der Waals surface area contributed by atoms with Gasteiger partial charge in [-0.2, -0.15) is 13.2 Å². The molecule has 1 amide bonds. The summed E-state index contributed by atoms with van der Waals surface area (Å²) in [7, 11) is 0. The van der Waals surface area contributed by atoms with Gasteiger partial charge in [-0.25, -0.2) is 4.79 Å². The minimum Gasteiger partial charge on any atom is -0.348 e. The summed E-state index contributed by atoms with van der Waals surface area (Å²) < 4.78 is 39.8. The number of imidazole rings is 1. The highest BCUT2D eigenvalue weighted by molar-refractivity contribution is 5.97. The molecule has 2 N–H and O–H groups in total. The molecule has 0 bridgehead atoms. The Morgan fingerprint density at radius 1 is 1.19 bits per heavy atom. The molecule has 0 saturated carbocycles. The van der Waals surface area contributed by atoms with E-state index in [0.717, 1.165) is 12.1 Å². The molecule has 0 radical (unpaired) electrons. The molecule has 5 nitrogen and oxygen atoms in total. The maximum atomic E-state index is 12.8. The van der Waals surface area contributed by atoms with E-state index in [1.165, 1.54) is 12.1 Å². The van der Waals surface area contributed by atoms with Crippen LogP contribution in [0.5, 0.6) is 0 Å². The minimum absolute atomic E-state index is 0.0353. The maximum Gasteiger partial charge on any atom is 0.416 e. The summed E-state index contributed by atoms with van der Waals surface area (Å²) in [6.45, 7) is 3.72. The van der Waals surface area contributed by atoms with Gasteiger partial charge >= 0.3 is 11.9 Å². The number of benzene rings is 2. The third-order valence-electron chi connectivity index (χ3n) is 4.20. The summed E-state index contributed by atoms with van der Waals surface area (Å²) >= 11 is 0. The highest BCUT2D eigenvalue weighted by Gasteiger charge is 2.30. The monoisotopic (exact) mass is 377 g/mol. The Morgan fingerprint density at radius 2 is 1.93 bits per heavy atom. The van der Waals surface area contributed by atoms with Gasteiger partial charge in [0.1, 0.15) is 0 Å². The van der Waals surface area contributed by atoms with Crippen LogP contribution >= 0.6 is 0 Å². The Labute approximate surface area is 152 Å². The summed E-state index contributed by atoms with van der Waals surface area (Å²) in [5.74, 6) is -0.438. The second-order valence-corrected chi connectivity index (χ2v) is 6.51. The van der Waals surface area contributed by atoms with Crippen molar-refractivity contribution in [3.8, 4) is 0 Å². The van der Waals surface area contributed by atoms with E-state index in [0.29, 0.717) is 22.2 Å². The molecular weight excluding hydrogens is 359 g/mol. The number of rotatable bonds is 4. The van der Waals surface area contributed by atoms with Crippen LogP contribution in [0.15, 0.2) is 47.3 Å². The number of hydrogen-bond acceptors (Lipinski definition) is 2. The van der Waals surface area contributed by atoms with Gasteiger partial charge in [0.15, 0.2) is 0 Å². The van der Waals surface area contributed by atoms with E-state index >= 15 is 0 Å². The van der Waals surface area contributed by atoms with E-state index < -0.39 is 17.6 Å². The zero-order valence-electron chi connectivity index (χ0n) is 14.7. The first-order chi connectivity index (χ1) is 12.7. The highest BCUT2D eigenvalue weighted by atomic mass is 19.4. The molecule has 3 rings (SSSR count). The molecule has 0 aliphatic rings. The van der Waals surface area contributed by atoms with Crippen LogP contribution in [0.4, 0.5) is 13.2 Å². The third-order valence-corrected chi connectivity index (χ3v) is 4.20. The van der Waals surface area contributed by atoms with E-state index in [2.05, 4.69) is 10.3 Å². The Morgan fingerprint density at radius 3 is 2.59 bits per heavy atom. The van der Waals surface area contributed by atoms with E-state index in [4.69, 9.17) is 0 Å². The molecule has 1 aromatic heterocycles. The number of nitrogens with one attached hydrogen (secondary N) is 2. The van der Waals surface area contributed by atoms with Crippen LogP contribution in [0.3, 0.4) is 0 Å². The van der Waals surface area contributed by atoms with Crippen LogP contribution in [-0.4, -0.2) is 15.5 Å². The van der Waals surface area contributed by atoms with E-state index in [-0.39, 0.29) is 18.3 Å². The van der Waals surface area contributed by atoms with Crippen molar-refractivity contribution in [3.05, 3.63) is 69.6 Å². The minimum atomic E-state index is -4.43. The molecular formula is C19H18F3N3O2. The number of aromatic nitrogens is 2. The van der Waals surface area contributed by atoms with Crippen LogP contribution in [-0.2, 0) is 12.7 Å². The van der Waals surface area contributed by atoms with Gasteiger partial charge in [-0.05, 0) is 49.7 Å². The third kappa shape index (κ3) is 3.89. The van der Waals surface area contributed by atoms with Crippen molar-refractivity contribution < 1.29 is 18.0 Å². The summed E-state index contributed by atoms with van der Waals surface area (Å²) in [5.41, 5.74) is 0.847. The molecule has 0 aliphatic heterocycles. The number of carbonyl (C=O) groups excluding carboxylic acids is 1. The molecule has 0 atom stereocenters. The van der Waals surface area contributed by atoms with Gasteiger partial charge in [-0.3, -0.25) is 9.36 Å². The zero-order chi connectivity index (χ0) is 19.8. The standard InChI is InChI=1S/C19H18F3N3O2/c1-11(2)25-16-7-6-13(9-15(16)24-18(25)27)17(26)23-10-12-4-3-5-14(8-12)19(20,21)22/h3-9,11H,10H2,1-2H3,(H,23,26)(H,24,27). The largest absolute Gasteiger partial charge is 0.416 e. The van der Waals surface area contributed by atoms with Crippen LogP contribution in [0, 0.1) is 0 Å². The number of carbonyl (C=O) groups is 1. The predicted molar refractivity (Wildman–Crippen MR) is 95.6 cm³/mol. The first-order valence-electron chi connectivity index (χ1n) is 8.35. The highest BCUT2D eigenvalue weighted by Crippen LogP contribution is 2.29. The molecule has 142 valence electrons. The molecule has 0 aliphatic carbocycles. The summed E-state index contributed by atoms with van der Waals surface area (Å²) in [4.78, 5) is 27.0. The van der Waals surface area contributed by atoms with Crippen molar-refractivity contribution in [2.24, 2.45) is 0 Å². The molecule has 8 heteroatoms. The molecule has 1 heterocycles. The van der Waals surface area contributed by atoms with Crippen molar-refractivity contribution in [1.82, 2.24) is 14.9 Å². The van der Waals surface area contributed by atoms with Crippen molar-refractivity contribution in [2.45, 2.75) is 32.6 Å². The topological polar surface area (TPSA) is 66.9 Å². The predicted octanol–water partition coefficient (Wildman–Crippen LogP) is 3.86. The lowest BCUT2D eigenvalue weighted by Crippen LogP contribution is -2.23. The van der Waals surface area contributed by atoms with Gasteiger partial charge in [0.2, 0.25) is 0 Å². The molecule has 27 heavy (non-hydrogen) atoms. The van der Waals surface area contributed by atoms with Gasteiger partial charge in [-0.1, -0.05) is 12.1 Å². The summed E-state index contributed by atoms with van der Waals surface area (Å²) in [6.07, 6.45) is -4.43. The average Bonchev–Trinajstić information content (AvgIpc) is 2.94. The smallest absolute Gasteiger partial charge is 0.348 e. The molecule has 0 spiro atoms. The number of halogens is 3. The first-order valence-corrected chi connectivity index (χ1v) is 8.35. The van der Waals surface area contributed by atoms with Gasteiger partial charge in [-0.15, -0.1) is 0 Å². The van der Waals surface area contributed by atoms with Gasteiger partial charge < -0.3 is 10.3 Å². The second kappa shape index (κ2) is 6.94. The number of alkyl halides is 3. The van der Waals surface area contributed by atoms with Crippen molar-refractivity contribution in [1.29, 1.82) is 0 Å². The van der Waals surface area contributed by atoms with E-state index in [1.54, 1.807) is 22.8 Å². The number of amides is 1. The summed E-state index contributed by atoms with van der Waals surface area (Å²) in [5, 5.41) is 2.60. The average molecular weight is 377 g/mol. The number of hydrogen-bond donors (Lipinski definition) is 2. The van der Waals surface area contributed by atoms with Crippen LogP contribution < -0.4 is 11.0 Å². The van der Waals surface area contributed by atoms with Crippen molar-refractivity contribution >= 4 is 16.9 Å². The zero-order valence-corrected chi connectivity index (χ0v) is 14.7. The lowest BCUT2D eigenvalue weighted by molar-refractivity contribution is -0.137. The van der Waals surface area contributed by atoms with Crippen LogP contribution in [0.25, 0.3) is 11.0 Å². The number of H-pyrrole nitrogens is 1. The van der Waals surface area contributed by atoms with Gasteiger partial charge in [0.25, 0.3) is 5.91 Å². The fraction of sp³-hybridized carbons (Fsp3) is 0.263. The molecule has 0 saturated heterocycles. The first kappa shape index (κ1) is 18.8. The van der Waals surface area contributed by atoms with Crippen LogP contribution in [0.1, 0.15) is 41.4 Å². The van der Waals surface area contributed by atoms with Crippen molar-refractivity contribution in [2.75, 3.05) is 0 Å². The number of aromatic amines is 1. The second-order valence-electron chi connectivity index (χ2n) is 6.51. The normalized spacial score (nSPS) is 11.9. The quantitative estimate of drug-likeness (QED) is 0.725. The molecule has 3 aromatic rings. The Hall–Kier alpha value is -3.03. The lowest BCUT2D eigenvalue weighted by atomic mass is 10.1.